The molecule has 0 N–H and O–H groups in total. The Hall–Kier alpha value is 0.310. The van der Waals surface area contributed by atoms with E-state index >= 15 is 0 Å². The fourth-order valence-corrected chi connectivity index (χ4v) is 2.32. The topological polar surface area (TPSA) is 3.24 Å². The molecule has 1 heterocycles. The van der Waals surface area contributed by atoms with Crippen LogP contribution >= 0.6 is 11.8 Å². The summed E-state index contributed by atoms with van der Waals surface area (Å²) >= 11 is 2.08. The highest BCUT2D eigenvalue weighted by Gasteiger charge is 2.08. The second-order valence-corrected chi connectivity index (χ2v) is 4.24. The quantitative estimate of drug-likeness (QED) is 0.597. The Morgan fingerprint density at radius 1 is 1.18 bits per heavy atom. The third-order valence-electron chi connectivity index (χ3n) is 2.08. The van der Waals surface area contributed by atoms with E-state index < -0.39 is 0 Å². The van der Waals surface area contributed by atoms with Gasteiger partial charge in [0.2, 0.25) is 0 Å². The van der Waals surface area contributed by atoms with E-state index in [1.165, 1.54) is 44.0 Å². The SMILES string of the molecule is [CH2]CCCCN1CCSCC1. The minimum Gasteiger partial charge on any atom is -0.302 e. The Balaban J connectivity index is 1.96. The second kappa shape index (κ2) is 5.90. The van der Waals surface area contributed by atoms with Gasteiger partial charge in [-0.3, -0.25) is 0 Å². The van der Waals surface area contributed by atoms with Crippen LogP contribution in [0.5, 0.6) is 0 Å². The zero-order valence-electron chi connectivity index (χ0n) is 7.22. The van der Waals surface area contributed by atoms with E-state index in [2.05, 4.69) is 23.6 Å². The summed E-state index contributed by atoms with van der Waals surface area (Å²) in [5.41, 5.74) is 0. The zero-order valence-corrected chi connectivity index (χ0v) is 8.04. The van der Waals surface area contributed by atoms with E-state index in [9.17, 15) is 0 Å². The fraction of sp³-hybridized carbons (Fsp3) is 0.889. The van der Waals surface area contributed by atoms with Crippen LogP contribution in [0.1, 0.15) is 19.3 Å². The lowest BCUT2D eigenvalue weighted by Crippen LogP contribution is -2.33. The number of nitrogens with zero attached hydrogens (tertiary/aromatic N) is 1. The van der Waals surface area contributed by atoms with Crippen LogP contribution in [0, 0.1) is 6.92 Å². The van der Waals surface area contributed by atoms with E-state index in [4.69, 9.17) is 0 Å². The van der Waals surface area contributed by atoms with Crippen molar-refractivity contribution in [3.05, 3.63) is 6.92 Å². The molecule has 1 nitrogen and oxygen atoms in total. The molecule has 1 aliphatic rings. The van der Waals surface area contributed by atoms with Crippen molar-refractivity contribution in [2.24, 2.45) is 0 Å². The Bertz CT molecular complexity index is 89.6. The number of rotatable bonds is 4. The maximum Gasteiger partial charge on any atom is 0.00727 e. The van der Waals surface area contributed by atoms with Gasteiger partial charge in [-0.15, -0.1) is 0 Å². The van der Waals surface area contributed by atoms with Crippen LogP contribution in [0.3, 0.4) is 0 Å². The Kier molecular flexibility index (Phi) is 5.04. The van der Waals surface area contributed by atoms with Gasteiger partial charge >= 0.3 is 0 Å². The predicted octanol–water partition coefficient (Wildman–Crippen LogP) is 2.04. The number of hydrogen-bond acceptors (Lipinski definition) is 2. The van der Waals surface area contributed by atoms with Crippen molar-refractivity contribution in [1.82, 2.24) is 4.90 Å². The average Bonchev–Trinajstić information content (AvgIpc) is 2.07. The van der Waals surface area contributed by atoms with Crippen LogP contribution in [0.4, 0.5) is 0 Å². The van der Waals surface area contributed by atoms with Crippen LogP contribution in [0.15, 0.2) is 0 Å². The molecule has 0 aromatic heterocycles. The van der Waals surface area contributed by atoms with E-state index in [1.54, 1.807) is 0 Å². The smallest absolute Gasteiger partial charge is 0.00727 e. The molecular weight excluding hydrogens is 154 g/mol. The molecule has 1 saturated heterocycles. The summed E-state index contributed by atoms with van der Waals surface area (Å²) in [5.74, 6) is 2.68. The van der Waals surface area contributed by atoms with E-state index in [0.717, 1.165) is 6.42 Å². The van der Waals surface area contributed by atoms with Crippen molar-refractivity contribution in [2.45, 2.75) is 19.3 Å². The van der Waals surface area contributed by atoms with Gasteiger partial charge in [0.1, 0.15) is 0 Å². The maximum atomic E-state index is 3.85. The molecule has 2 heteroatoms. The minimum absolute atomic E-state index is 1.10. The Labute approximate surface area is 74.5 Å². The normalized spacial score (nSPS) is 20.5. The lowest BCUT2D eigenvalue weighted by Gasteiger charge is -2.25. The van der Waals surface area contributed by atoms with Gasteiger partial charge in [0.05, 0.1) is 0 Å². The number of thioether (sulfide) groups is 1. The average molecular weight is 172 g/mol. The van der Waals surface area contributed by atoms with Crippen molar-refractivity contribution in [2.75, 3.05) is 31.1 Å². The summed E-state index contributed by atoms with van der Waals surface area (Å²) in [4.78, 5) is 2.58. The molecule has 1 fully saturated rings. The largest absolute Gasteiger partial charge is 0.302 e. The molecule has 0 amide bonds. The van der Waals surface area contributed by atoms with Crippen molar-refractivity contribution < 1.29 is 0 Å². The first-order valence-electron chi connectivity index (χ1n) is 4.53. The minimum atomic E-state index is 1.10. The van der Waals surface area contributed by atoms with Crippen molar-refractivity contribution in [3.63, 3.8) is 0 Å². The van der Waals surface area contributed by atoms with Crippen LogP contribution < -0.4 is 0 Å². The molecule has 65 valence electrons. The highest BCUT2D eigenvalue weighted by atomic mass is 32.2. The van der Waals surface area contributed by atoms with E-state index in [1.807, 2.05) is 0 Å². The molecule has 0 unspecified atom stereocenters. The lowest BCUT2D eigenvalue weighted by molar-refractivity contribution is 0.296. The summed E-state index contributed by atoms with van der Waals surface area (Å²) in [6.07, 6.45) is 3.74. The maximum absolute atomic E-state index is 3.85. The Morgan fingerprint density at radius 3 is 2.55 bits per heavy atom. The summed E-state index contributed by atoms with van der Waals surface area (Å²) < 4.78 is 0. The first-order valence-corrected chi connectivity index (χ1v) is 5.68. The summed E-state index contributed by atoms with van der Waals surface area (Å²) in [5, 5.41) is 0. The van der Waals surface area contributed by atoms with Gasteiger partial charge in [-0.2, -0.15) is 11.8 Å². The first-order chi connectivity index (χ1) is 5.43. The van der Waals surface area contributed by atoms with Crippen LogP contribution in [0.25, 0.3) is 0 Å². The molecule has 0 atom stereocenters. The summed E-state index contributed by atoms with van der Waals surface area (Å²) in [6.45, 7) is 7.76. The van der Waals surface area contributed by atoms with E-state index in [0.29, 0.717) is 0 Å². The standard InChI is InChI=1S/C9H18NS/c1-2-3-4-5-10-6-8-11-9-7-10/h1-9H2. The molecule has 0 bridgehead atoms. The van der Waals surface area contributed by atoms with Gasteiger partial charge in [-0.25, -0.2) is 0 Å². The molecule has 1 aliphatic heterocycles. The van der Waals surface area contributed by atoms with Gasteiger partial charge in [-0.1, -0.05) is 19.8 Å². The molecule has 0 aromatic carbocycles. The molecule has 11 heavy (non-hydrogen) atoms. The molecular formula is C9H18NS. The molecule has 1 radical (unpaired) electrons. The Morgan fingerprint density at radius 2 is 1.91 bits per heavy atom. The summed E-state index contributed by atoms with van der Waals surface area (Å²) in [6, 6.07) is 0. The van der Waals surface area contributed by atoms with Crippen LogP contribution in [-0.4, -0.2) is 36.0 Å². The summed E-state index contributed by atoms with van der Waals surface area (Å²) in [7, 11) is 0. The van der Waals surface area contributed by atoms with Crippen LogP contribution in [-0.2, 0) is 0 Å². The van der Waals surface area contributed by atoms with Crippen molar-refractivity contribution in [3.8, 4) is 0 Å². The fourth-order valence-electron chi connectivity index (χ4n) is 1.34. The van der Waals surface area contributed by atoms with Crippen molar-refractivity contribution >= 4 is 11.8 Å². The number of hydrogen-bond donors (Lipinski definition) is 0. The third-order valence-corrected chi connectivity index (χ3v) is 3.02. The first kappa shape index (κ1) is 9.40. The monoisotopic (exact) mass is 172 g/mol. The number of unbranched alkanes of at least 4 members (excludes halogenated alkanes) is 2. The van der Waals surface area contributed by atoms with Gasteiger partial charge in [-0.05, 0) is 13.0 Å². The lowest BCUT2D eigenvalue weighted by atomic mass is 10.2. The van der Waals surface area contributed by atoms with Crippen LogP contribution in [0.2, 0.25) is 0 Å². The van der Waals surface area contributed by atoms with Gasteiger partial charge in [0.25, 0.3) is 0 Å². The van der Waals surface area contributed by atoms with Crippen molar-refractivity contribution in [1.29, 1.82) is 0 Å². The highest BCUT2D eigenvalue weighted by Crippen LogP contribution is 2.09. The zero-order chi connectivity index (χ0) is 7.94. The molecule has 0 aromatic rings. The molecule has 1 rings (SSSR count). The highest BCUT2D eigenvalue weighted by molar-refractivity contribution is 7.99. The predicted molar refractivity (Wildman–Crippen MR) is 53.0 cm³/mol. The molecule has 0 aliphatic carbocycles. The van der Waals surface area contributed by atoms with Gasteiger partial charge in [0, 0.05) is 24.6 Å². The molecule has 0 saturated carbocycles. The molecule has 0 spiro atoms. The van der Waals surface area contributed by atoms with Gasteiger partial charge in [0.15, 0.2) is 0 Å². The second-order valence-electron chi connectivity index (χ2n) is 3.01. The third kappa shape index (κ3) is 4.02. The van der Waals surface area contributed by atoms with Gasteiger partial charge < -0.3 is 4.90 Å². The van der Waals surface area contributed by atoms with E-state index in [-0.39, 0.29) is 0 Å².